The van der Waals surface area contributed by atoms with Crippen molar-refractivity contribution in [2.75, 3.05) is 0 Å². The van der Waals surface area contributed by atoms with Crippen LogP contribution < -0.4 is 10.6 Å². The summed E-state index contributed by atoms with van der Waals surface area (Å²) < 4.78 is 39.3. The Labute approximate surface area is 223 Å². The molecule has 0 aromatic heterocycles. The predicted molar refractivity (Wildman–Crippen MR) is 136 cm³/mol. The molecule has 2 fully saturated rings. The minimum Gasteiger partial charge on any atom is -0.166 e. The first kappa shape index (κ1) is 28.3. The van der Waals surface area contributed by atoms with Crippen LogP contribution in [0.3, 0.4) is 0 Å². The first-order valence-corrected chi connectivity index (χ1v) is 12.4. The third-order valence-corrected chi connectivity index (χ3v) is 7.98. The van der Waals surface area contributed by atoms with Crippen molar-refractivity contribution < 1.29 is 30.2 Å². The molecule has 0 spiro atoms. The fraction of sp³-hybridized carbons (Fsp3) is 0.0345. The van der Waals surface area contributed by atoms with Crippen LogP contribution in [0.5, 0.6) is 0 Å². The van der Waals surface area contributed by atoms with Gasteiger partial charge in [0.2, 0.25) is 0 Å². The van der Waals surface area contributed by atoms with Crippen molar-refractivity contribution in [3.63, 3.8) is 0 Å². The maximum atomic E-state index is 13.1. The van der Waals surface area contributed by atoms with Crippen molar-refractivity contribution in [1.82, 2.24) is 0 Å². The molecule has 3 aromatic rings. The summed E-state index contributed by atoms with van der Waals surface area (Å²) in [7, 11) is -0.736. The standard InChI is InChI=1S/C24H16ClF3P.C5H5.Fe/c25-23-15-12-18(24(26,27)28)16-22(23)17-10-13-21(14-11-17)29(20-8-4-5-9-20)19-6-2-1-3-7-19;1-2-4-5-3-1;/h1-16H;1-5H;/q;;+2. The Kier molecular flexibility index (Phi) is 10.7. The van der Waals surface area contributed by atoms with E-state index in [1.807, 2.05) is 87.4 Å². The van der Waals surface area contributed by atoms with Crippen LogP contribution in [0.2, 0.25) is 5.02 Å². The van der Waals surface area contributed by atoms with E-state index in [0.717, 1.165) is 17.4 Å². The van der Waals surface area contributed by atoms with Gasteiger partial charge in [-0.05, 0) is 100 Å². The zero-order valence-electron chi connectivity index (χ0n) is 18.4. The van der Waals surface area contributed by atoms with Gasteiger partial charge in [-0.25, -0.2) is 0 Å². The molecule has 176 valence electrons. The molecule has 0 N–H and O–H groups in total. The van der Waals surface area contributed by atoms with Gasteiger partial charge >= 0.3 is 23.2 Å². The summed E-state index contributed by atoms with van der Waals surface area (Å²) in [6.07, 6.45) is 13.8. The van der Waals surface area contributed by atoms with Gasteiger partial charge in [0, 0.05) is 16.2 Å². The summed E-state index contributed by atoms with van der Waals surface area (Å²) in [4.78, 5) is 0. The van der Waals surface area contributed by atoms with Gasteiger partial charge in [0.1, 0.15) is 0 Å². The van der Waals surface area contributed by atoms with Crippen molar-refractivity contribution in [3.05, 3.63) is 147 Å². The molecule has 5 rings (SSSR count). The molecule has 10 radical (unpaired) electrons. The molecule has 3 aromatic carbocycles. The molecule has 0 saturated heterocycles. The van der Waals surface area contributed by atoms with E-state index in [4.69, 9.17) is 11.6 Å². The summed E-state index contributed by atoms with van der Waals surface area (Å²) in [6, 6.07) is 21.3. The van der Waals surface area contributed by atoms with Crippen molar-refractivity contribution in [1.29, 1.82) is 0 Å². The Balaban J connectivity index is 0.000000509. The maximum Gasteiger partial charge on any atom is 2.00 e. The molecule has 1 atom stereocenters. The zero-order chi connectivity index (χ0) is 24.0. The molecule has 2 saturated carbocycles. The first-order valence-electron chi connectivity index (χ1n) is 10.6. The van der Waals surface area contributed by atoms with Gasteiger partial charge in [0.15, 0.2) is 0 Å². The monoisotopic (exact) mass is 548 g/mol. The molecule has 1 unspecified atom stereocenters. The van der Waals surface area contributed by atoms with Crippen LogP contribution in [0.4, 0.5) is 13.2 Å². The molecule has 2 aliphatic rings. The van der Waals surface area contributed by atoms with Crippen molar-refractivity contribution in [3.8, 4) is 11.1 Å². The van der Waals surface area contributed by atoms with Crippen LogP contribution in [-0.4, -0.2) is 0 Å². The first-order chi connectivity index (χ1) is 16.4. The molecular formula is C29H21ClF3FeP+2. The average molecular weight is 549 g/mol. The van der Waals surface area contributed by atoms with E-state index in [1.165, 1.54) is 17.0 Å². The number of benzene rings is 3. The summed E-state index contributed by atoms with van der Waals surface area (Å²) in [5, 5.41) is 2.65. The minimum absolute atomic E-state index is 0. The van der Waals surface area contributed by atoms with Crippen molar-refractivity contribution >= 4 is 30.1 Å². The van der Waals surface area contributed by atoms with Gasteiger partial charge in [-0.3, -0.25) is 0 Å². The topological polar surface area (TPSA) is 0 Å². The van der Waals surface area contributed by atoms with E-state index >= 15 is 0 Å². The Morgan fingerprint density at radius 2 is 1.17 bits per heavy atom. The van der Waals surface area contributed by atoms with E-state index in [9.17, 15) is 13.2 Å². The third-order valence-electron chi connectivity index (χ3n) is 5.20. The zero-order valence-corrected chi connectivity index (χ0v) is 21.2. The quantitative estimate of drug-likeness (QED) is 0.230. The van der Waals surface area contributed by atoms with Crippen LogP contribution in [-0.2, 0) is 23.2 Å². The van der Waals surface area contributed by atoms with Gasteiger partial charge in [0.25, 0.3) is 0 Å². The largest absolute Gasteiger partial charge is 2.00 e. The Morgan fingerprint density at radius 3 is 1.71 bits per heavy atom. The summed E-state index contributed by atoms with van der Waals surface area (Å²) >= 11 is 6.20. The van der Waals surface area contributed by atoms with Gasteiger partial charge < -0.3 is 0 Å². The molecule has 6 heteroatoms. The summed E-state index contributed by atoms with van der Waals surface area (Å²) in [5.41, 5.74) is 1.57. The second kappa shape index (κ2) is 13.3. The molecule has 0 aliphatic heterocycles. The van der Waals surface area contributed by atoms with Crippen LogP contribution in [0, 0.1) is 63.4 Å². The second-order valence-corrected chi connectivity index (χ2v) is 10.1. The molecule has 35 heavy (non-hydrogen) atoms. The molecule has 0 nitrogen and oxygen atoms in total. The van der Waals surface area contributed by atoms with Crippen molar-refractivity contribution in [2.45, 2.75) is 6.18 Å². The van der Waals surface area contributed by atoms with Gasteiger partial charge in [-0.15, -0.1) is 0 Å². The van der Waals surface area contributed by atoms with E-state index in [1.54, 1.807) is 0 Å². The van der Waals surface area contributed by atoms with E-state index in [-0.39, 0.29) is 17.1 Å². The van der Waals surface area contributed by atoms with Crippen LogP contribution >= 0.6 is 19.5 Å². The van der Waals surface area contributed by atoms with Crippen LogP contribution in [0.1, 0.15) is 5.56 Å². The van der Waals surface area contributed by atoms with Crippen LogP contribution in [0.15, 0.2) is 72.8 Å². The molecule has 2 aliphatic carbocycles. The Hall–Kier alpha value is -1.31. The smallest absolute Gasteiger partial charge is 0.166 e. The minimum atomic E-state index is -4.40. The second-order valence-electron chi connectivity index (χ2n) is 7.52. The molecular weight excluding hydrogens is 528 g/mol. The van der Waals surface area contributed by atoms with Gasteiger partial charge in [-0.2, -0.15) is 13.2 Å². The summed E-state index contributed by atoms with van der Waals surface area (Å²) in [5.74, 6) is 0. The Bertz CT molecular complexity index is 1040. The third kappa shape index (κ3) is 7.59. The fourth-order valence-electron chi connectivity index (χ4n) is 3.57. The van der Waals surface area contributed by atoms with Gasteiger partial charge in [-0.1, -0.05) is 66.2 Å². The van der Waals surface area contributed by atoms with E-state index in [2.05, 4.69) is 25.0 Å². The molecule has 0 heterocycles. The number of rotatable bonds is 4. The predicted octanol–water partition coefficient (Wildman–Crippen LogP) is 7.84. The van der Waals surface area contributed by atoms with E-state index in [0.29, 0.717) is 16.1 Å². The number of alkyl halides is 3. The molecule has 0 bridgehead atoms. The van der Waals surface area contributed by atoms with E-state index < -0.39 is 19.7 Å². The molecule has 0 amide bonds. The Morgan fingerprint density at radius 1 is 0.629 bits per heavy atom. The summed E-state index contributed by atoms with van der Waals surface area (Å²) in [6.45, 7) is 0. The maximum absolute atomic E-state index is 13.1. The average Bonchev–Trinajstić information content (AvgIpc) is 3.58. The number of hydrogen-bond donors (Lipinski definition) is 0. The fourth-order valence-corrected chi connectivity index (χ4v) is 6.08. The number of hydrogen-bond acceptors (Lipinski definition) is 0. The SMILES string of the molecule is FC(F)(F)c1ccc(Cl)c(-c2ccc(P([C]3[CH][CH][CH][CH]3)c3ccccc3)cc2)c1.[CH]1[CH][CH][CH][CH]1.[Fe+2]. The number of halogens is 4. The van der Waals surface area contributed by atoms with Crippen LogP contribution in [0.25, 0.3) is 11.1 Å². The van der Waals surface area contributed by atoms with Crippen molar-refractivity contribution in [2.24, 2.45) is 0 Å². The van der Waals surface area contributed by atoms with Gasteiger partial charge in [0.05, 0.1) is 5.56 Å². The normalized spacial score (nSPS) is 16.8.